The van der Waals surface area contributed by atoms with Crippen molar-refractivity contribution in [1.29, 1.82) is 0 Å². The number of sulfonamides is 4. The summed E-state index contributed by atoms with van der Waals surface area (Å²) >= 11 is 11.4. The van der Waals surface area contributed by atoms with Crippen molar-refractivity contribution in [2.75, 3.05) is 40.2 Å². The molecule has 7 aromatic carbocycles. The first kappa shape index (κ1) is 87.4. The van der Waals surface area contributed by atoms with Gasteiger partial charge in [0.25, 0.3) is 33.7 Å². The minimum Gasteiger partial charge on any atom is -0.478 e. The van der Waals surface area contributed by atoms with Crippen LogP contribution in [0, 0.1) is 34.9 Å². The predicted molar refractivity (Wildman–Crippen MR) is 434 cm³/mol. The first-order chi connectivity index (χ1) is 56.5. The van der Waals surface area contributed by atoms with Gasteiger partial charge in [-0.1, -0.05) is 89.9 Å². The molecule has 2 unspecified atom stereocenters. The molecule has 3 aliphatic rings. The van der Waals surface area contributed by atoms with Crippen molar-refractivity contribution in [1.82, 2.24) is 19.9 Å². The Morgan fingerprint density at radius 2 is 0.739 bits per heavy atom. The maximum atomic E-state index is 13.3. The second-order valence-corrected chi connectivity index (χ2v) is 35.7. The number of pyridine rings is 4. The molecule has 4 amide bonds. The minimum atomic E-state index is -4.18. The van der Waals surface area contributed by atoms with Crippen molar-refractivity contribution in [3.8, 4) is 0 Å². The van der Waals surface area contributed by atoms with E-state index in [1.165, 1.54) is 116 Å². The van der Waals surface area contributed by atoms with Crippen molar-refractivity contribution in [2.24, 2.45) is 0 Å². The molecule has 0 radical (unpaired) electrons. The van der Waals surface area contributed by atoms with Gasteiger partial charge in [-0.15, -0.1) is 0 Å². The molecule has 3 fully saturated rings. The van der Waals surface area contributed by atoms with Gasteiger partial charge in [-0.05, 0) is 196 Å². The fraction of sp³-hybridized carbons (Fsp3) is 0.163. The van der Waals surface area contributed by atoms with Crippen molar-refractivity contribution in [3.05, 3.63) is 315 Å². The molecule has 618 valence electrons. The highest BCUT2D eigenvalue weighted by Crippen LogP contribution is 2.48. The van der Waals surface area contributed by atoms with E-state index >= 15 is 0 Å². The average Bonchev–Trinajstić information content (AvgIpc) is 1.59. The molecule has 119 heavy (non-hydrogen) atoms. The fourth-order valence-corrected chi connectivity index (χ4v) is 17.9. The van der Waals surface area contributed by atoms with E-state index in [0.29, 0.717) is 62.7 Å². The van der Waals surface area contributed by atoms with Crippen LogP contribution in [0.4, 0.5) is 72.4 Å². The second-order valence-electron chi connectivity index (χ2n) is 27.1. The number of aliphatic hydroxyl groups is 1. The Kier molecular flexibility index (Phi) is 27.5. The molecule has 2 atom stereocenters. The Bertz CT molecular complexity index is 5970. The molecule has 4 heterocycles. The summed E-state index contributed by atoms with van der Waals surface area (Å²) in [6.07, 6.45) is 8.44. The first-order valence-electron chi connectivity index (χ1n) is 35.5. The summed E-state index contributed by atoms with van der Waals surface area (Å²) in [6.45, 7) is 0. The number of anilines is 8. The Hall–Kier alpha value is -12.4. The Morgan fingerprint density at radius 3 is 1.08 bits per heavy atom. The number of aromatic carboxylic acids is 1. The van der Waals surface area contributed by atoms with Crippen molar-refractivity contribution in [3.63, 3.8) is 0 Å². The molecular weight excluding hydrogens is 1680 g/mol. The molecule has 10 N–H and O–H groups in total. The van der Waals surface area contributed by atoms with Crippen molar-refractivity contribution < 1.29 is 94.2 Å². The summed E-state index contributed by atoms with van der Waals surface area (Å²) in [5, 5.41) is 27.5. The van der Waals surface area contributed by atoms with Crippen LogP contribution in [0.1, 0.15) is 108 Å². The lowest BCUT2D eigenvalue weighted by atomic mass is 10.1. The third-order valence-corrected chi connectivity index (χ3v) is 26.5. The van der Waals surface area contributed by atoms with Gasteiger partial charge in [0.2, 0.25) is 30.1 Å². The molecular formula is C80H68Cl2F6N12O15S4. The topological polar surface area (TPSA) is 410 Å². The number of benzene rings is 7. The quantitative estimate of drug-likeness (QED) is 0.0238. The highest BCUT2D eigenvalue weighted by atomic mass is 35.5. The molecule has 4 aromatic heterocycles. The predicted octanol–water partition coefficient (Wildman–Crippen LogP) is 14.7. The van der Waals surface area contributed by atoms with E-state index in [9.17, 15) is 89.1 Å². The molecule has 14 rings (SSSR count). The van der Waals surface area contributed by atoms with Gasteiger partial charge in [-0.25, -0.2) is 84.7 Å². The lowest BCUT2D eigenvalue weighted by Crippen LogP contribution is -2.32. The summed E-state index contributed by atoms with van der Waals surface area (Å²) in [6, 6.07) is 47.5. The molecule has 3 saturated carbocycles. The number of amides is 4. The van der Waals surface area contributed by atoms with Gasteiger partial charge in [-0.3, -0.25) is 38.1 Å². The number of halogens is 8. The fourth-order valence-electron chi connectivity index (χ4n) is 11.8. The zero-order valence-electron chi connectivity index (χ0n) is 61.6. The second kappa shape index (κ2) is 37.5. The molecule has 11 aromatic rings. The zero-order valence-corrected chi connectivity index (χ0v) is 66.4. The first-order valence-corrected chi connectivity index (χ1v) is 42.3. The number of aliphatic hydroxyl groups excluding tert-OH is 1. The van der Waals surface area contributed by atoms with Gasteiger partial charge in [0.05, 0.1) is 41.4 Å². The number of carboxylic acids is 1. The van der Waals surface area contributed by atoms with Gasteiger partial charge in [0, 0.05) is 81.9 Å². The van der Waals surface area contributed by atoms with Crippen LogP contribution in [0.15, 0.2) is 236 Å². The van der Waals surface area contributed by atoms with E-state index in [0.717, 1.165) is 65.7 Å². The van der Waals surface area contributed by atoms with Crippen LogP contribution >= 0.6 is 23.2 Å². The van der Waals surface area contributed by atoms with E-state index in [2.05, 4.69) is 60.1 Å². The molecule has 0 bridgehead atoms. The number of hydrogen-bond donors (Lipinski definition) is 10. The number of aromatic nitrogens is 4. The maximum absolute atomic E-state index is 13.3. The maximum Gasteiger partial charge on any atom is 0.335 e. The van der Waals surface area contributed by atoms with Crippen LogP contribution in [0.3, 0.4) is 0 Å². The van der Waals surface area contributed by atoms with Gasteiger partial charge in [0.15, 0.2) is 23.3 Å². The van der Waals surface area contributed by atoms with Gasteiger partial charge in [0.1, 0.15) is 34.9 Å². The van der Waals surface area contributed by atoms with Crippen LogP contribution in [0.25, 0.3) is 0 Å². The van der Waals surface area contributed by atoms with E-state index in [1.54, 1.807) is 0 Å². The summed E-state index contributed by atoms with van der Waals surface area (Å²) in [4.78, 5) is 76.2. The number of nitrogens with zero attached hydrogens (tertiary/aromatic N) is 4. The zero-order chi connectivity index (χ0) is 85.6. The van der Waals surface area contributed by atoms with Crippen LogP contribution in [0.2, 0.25) is 10.0 Å². The molecule has 3 aliphatic carbocycles. The lowest BCUT2D eigenvalue weighted by Gasteiger charge is -2.18. The number of carbonyl (C=O) groups excluding carboxylic acids is 4. The number of carboxylic acid groups (broad SMARTS) is 1. The van der Waals surface area contributed by atoms with Gasteiger partial charge in [-0.2, -0.15) is 0 Å². The van der Waals surface area contributed by atoms with Crippen LogP contribution in [-0.2, 0) is 52.9 Å². The molecule has 39 heteroatoms. The van der Waals surface area contributed by atoms with Crippen molar-refractivity contribution >= 4 is 139 Å². The standard InChI is InChI=1S/C22H19ClFN3O3S.C22H19F2N3O3S.C19H13F2N3O5S.C17H17ClFN3O4S/c23-18-13-17(6-7-19(18)24)26-21(28)16-8-11-25-20(12-16)27-31(29,30)22(9-10-22)14-15-4-2-1-3-5-15;23-18-7-6-17(13-19(18)24)26-21(28)16-8-11-25-20(12-16)27-31(29,30)22(9-10-22)14-15-4-2-1-3-5-15;20-15-5-4-13(10-16(15)21)23-18(25)11-6-7-22-17(9-11)24-30(28,29)14-3-1-2-12(8-14)19(26)27;18-14-8-11(1-4-15(14)19)21-17(24)10-5-6-20-16(7-10)22-27(25,26)13-3-2-12(23)9-13/h2*1-8,11-13H,9-10,14H2,(H,25,27)(H,26,28);1-10H,(H,22,24)(H,23,25)(H,26,27);1,4-8,12-13,23H,2-3,9H2,(H,20,22)(H,21,24). The van der Waals surface area contributed by atoms with Crippen LogP contribution < -0.4 is 40.2 Å². The SMILES string of the molecule is O=C(Nc1ccc(F)c(Cl)c1)c1ccnc(NS(=O)(=O)C2(Cc3ccccc3)CC2)c1.O=C(Nc1ccc(F)c(Cl)c1)c1ccnc(NS(=O)(=O)C2CCC(O)C2)c1.O=C(Nc1ccc(F)c(F)c1)c1ccnc(NS(=O)(=O)C2(Cc3ccccc3)CC2)c1.O=C(O)c1cccc(S(=O)(=O)Nc2cc(C(=O)Nc3ccc(F)c(F)c3)ccn2)c1. The summed E-state index contributed by atoms with van der Waals surface area (Å²) in [5.41, 5.74) is 2.81. The Balaban J connectivity index is 0.000000156. The third kappa shape index (κ3) is 23.3. The Labute approximate surface area is 687 Å². The monoisotopic (exact) mass is 1750 g/mol. The van der Waals surface area contributed by atoms with Crippen LogP contribution in [-0.4, -0.2) is 114 Å². The highest BCUT2D eigenvalue weighted by Gasteiger charge is 2.55. The summed E-state index contributed by atoms with van der Waals surface area (Å²) < 4.78 is 189. The normalized spacial score (nSPS) is 14.9. The highest BCUT2D eigenvalue weighted by molar-refractivity contribution is 7.95. The van der Waals surface area contributed by atoms with Gasteiger partial charge < -0.3 is 31.5 Å². The molecule has 0 spiro atoms. The van der Waals surface area contributed by atoms with E-state index in [-0.39, 0.29) is 83.8 Å². The number of hydrogen-bond acceptors (Lipinski definition) is 18. The molecule has 0 saturated heterocycles. The van der Waals surface area contributed by atoms with Crippen molar-refractivity contribution in [2.45, 2.75) is 83.5 Å². The minimum absolute atomic E-state index is 0.00109. The van der Waals surface area contributed by atoms with E-state index < -0.39 is 125 Å². The lowest BCUT2D eigenvalue weighted by molar-refractivity contribution is 0.0695. The molecule has 0 aliphatic heterocycles. The average molecular weight is 1750 g/mol. The van der Waals surface area contributed by atoms with E-state index in [1.807, 2.05) is 60.7 Å². The largest absolute Gasteiger partial charge is 0.478 e. The number of nitrogens with one attached hydrogen (secondary N) is 8. The molecule has 27 nitrogen and oxygen atoms in total. The summed E-state index contributed by atoms with van der Waals surface area (Å²) in [5.74, 6) is -9.30. The van der Waals surface area contributed by atoms with Gasteiger partial charge >= 0.3 is 5.97 Å². The number of rotatable bonds is 25. The smallest absolute Gasteiger partial charge is 0.335 e. The summed E-state index contributed by atoms with van der Waals surface area (Å²) in [7, 11) is -15.4. The number of carbonyl (C=O) groups is 5. The van der Waals surface area contributed by atoms with Crippen LogP contribution in [0.5, 0.6) is 0 Å². The van der Waals surface area contributed by atoms with E-state index in [4.69, 9.17) is 28.3 Å². The third-order valence-electron chi connectivity index (χ3n) is 18.4. The Morgan fingerprint density at radius 1 is 0.387 bits per heavy atom.